The van der Waals surface area contributed by atoms with Crippen LogP contribution >= 0.6 is 0 Å². The van der Waals surface area contributed by atoms with Crippen molar-refractivity contribution in [3.8, 4) is 0 Å². The number of hydrogen-bond acceptors (Lipinski definition) is 1. The fraction of sp³-hybridized carbons (Fsp3) is 0.818. The Morgan fingerprint density at radius 3 is 2.50 bits per heavy atom. The summed E-state index contributed by atoms with van der Waals surface area (Å²) in [6.07, 6.45) is 6.24. The molecule has 12 heavy (non-hydrogen) atoms. The molecule has 0 saturated carbocycles. The average Bonchev–Trinajstić information content (AvgIpc) is 2.03. The molecule has 0 aromatic rings. The standard InChI is InChI=1S/C11H22O/c1-5-7-8-9-11(4,12)10(3)6-2/h6,10,12H,2,5,7-9H2,1,3-4H3. The summed E-state index contributed by atoms with van der Waals surface area (Å²) in [7, 11) is 0. The fourth-order valence-corrected chi connectivity index (χ4v) is 1.21. The first kappa shape index (κ1) is 11.7. The van der Waals surface area contributed by atoms with Crippen molar-refractivity contribution in [3.05, 3.63) is 12.7 Å². The van der Waals surface area contributed by atoms with Gasteiger partial charge in [0.15, 0.2) is 0 Å². The van der Waals surface area contributed by atoms with Crippen molar-refractivity contribution >= 4 is 0 Å². The van der Waals surface area contributed by atoms with Gasteiger partial charge in [-0.1, -0.05) is 39.2 Å². The predicted octanol–water partition coefficient (Wildman–Crippen LogP) is 3.14. The van der Waals surface area contributed by atoms with Crippen LogP contribution in [0.2, 0.25) is 0 Å². The normalized spacial score (nSPS) is 18.3. The van der Waals surface area contributed by atoms with Crippen LogP contribution in [0, 0.1) is 5.92 Å². The van der Waals surface area contributed by atoms with E-state index in [1.807, 2.05) is 19.9 Å². The van der Waals surface area contributed by atoms with E-state index in [2.05, 4.69) is 13.5 Å². The van der Waals surface area contributed by atoms with Gasteiger partial charge in [-0.25, -0.2) is 0 Å². The van der Waals surface area contributed by atoms with E-state index in [0.29, 0.717) is 0 Å². The number of aliphatic hydroxyl groups is 1. The Kier molecular flexibility index (Phi) is 5.23. The molecule has 72 valence electrons. The third kappa shape index (κ3) is 3.91. The molecule has 0 spiro atoms. The molecule has 1 heteroatoms. The lowest BCUT2D eigenvalue weighted by molar-refractivity contribution is 0.0139. The van der Waals surface area contributed by atoms with Crippen LogP contribution in [0.15, 0.2) is 12.7 Å². The van der Waals surface area contributed by atoms with Gasteiger partial charge in [-0.05, 0) is 13.3 Å². The average molecular weight is 170 g/mol. The highest BCUT2D eigenvalue weighted by molar-refractivity contribution is 4.89. The second kappa shape index (κ2) is 5.36. The predicted molar refractivity (Wildman–Crippen MR) is 54.1 cm³/mol. The van der Waals surface area contributed by atoms with Gasteiger partial charge in [-0.2, -0.15) is 0 Å². The summed E-state index contributed by atoms with van der Waals surface area (Å²) in [6.45, 7) is 9.78. The van der Waals surface area contributed by atoms with E-state index in [9.17, 15) is 5.11 Å². The summed E-state index contributed by atoms with van der Waals surface area (Å²) in [5, 5.41) is 9.94. The van der Waals surface area contributed by atoms with Gasteiger partial charge in [-0.3, -0.25) is 0 Å². The SMILES string of the molecule is C=CC(C)C(C)(O)CCCCC. The molecule has 0 aliphatic heterocycles. The molecule has 1 N–H and O–H groups in total. The van der Waals surface area contributed by atoms with Crippen molar-refractivity contribution in [1.29, 1.82) is 0 Å². The van der Waals surface area contributed by atoms with Gasteiger partial charge in [0.05, 0.1) is 5.60 Å². The summed E-state index contributed by atoms with van der Waals surface area (Å²) in [4.78, 5) is 0. The third-order valence-electron chi connectivity index (χ3n) is 2.62. The van der Waals surface area contributed by atoms with E-state index in [-0.39, 0.29) is 5.92 Å². The zero-order chi connectivity index (χ0) is 9.61. The highest BCUT2D eigenvalue weighted by atomic mass is 16.3. The van der Waals surface area contributed by atoms with Crippen LogP contribution in [0.1, 0.15) is 46.5 Å². The molecule has 0 rings (SSSR count). The molecule has 2 atom stereocenters. The maximum atomic E-state index is 9.94. The van der Waals surface area contributed by atoms with Crippen molar-refractivity contribution in [2.75, 3.05) is 0 Å². The lowest BCUT2D eigenvalue weighted by Crippen LogP contribution is -2.31. The van der Waals surface area contributed by atoms with Gasteiger partial charge < -0.3 is 5.11 Å². The molecule has 1 nitrogen and oxygen atoms in total. The van der Waals surface area contributed by atoms with Gasteiger partial charge >= 0.3 is 0 Å². The van der Waals surface area contributed by atoms with Crippen LogP contribution in [0.5, 0.6) is 0 Å². The van der Waals surface area contributed by atoms with E-state index >= 15 is 0 Å². The highest BCUT2D eigenvalue weighted by Gasteiger charge is 2.24. The summed E-state index contributed by atoms with van der Waals surface area (Å²) in [5.41, 5.74) is -0.559. The quantitative estimate of drug-likeness (QED) is 0.479. The molecule has 0 amide bonds. The molecule has 0 fully saturated rings. The van der Waals surface area contributed by atoms with Crippen LogP contribution in [0.25, 0.3) is 0 Å². The van der Waals surface area contributed by atoms with E-state index in [0.717, 1.165) is 12.8 Å². The minimum absolute atomic E-state index is 0.189. The summed E-state index contributed by atoms with van der Waals surface area (Å²) < 4.78 is 0. The second-order valence-corrected chi connectivity index (χ2v) is 3.84. The Balaban J connectivity index is 3.77. The van der Waals surface area contributed by atoms with Crippen LogP contribution in [0.3, 0.4) is 0 Å². The van der Waals surface area contributed by atoms with Crippen LogP contribution < -0.4 is 0 Å². The zero-order valence-corrected chi connectivity index (χ0v) is 8.64. The Hall–Kier alpha value is -0.300. The van der Waals surface area contributed by atoms with Gasteiger partial charge in [0.1, 0.15) is 0 Å². The summed E-state index contributed by atoms with van der Waals surface area (Å²) >= 11 is 0. The molecule has 0 aliphatic carbocycles. The minimum atomic E-state index is -0.559. The molecule has 0 bridgehead atoms. The Morgan fingerprint density at radius 2 is 2.08 bits per heavy atom. The smallest absolute Gasteiger partial charge is 0.0679 e. The molecular formula is C11H22O. The van der Waals surface area contributed by atoms with Crippen molar-refractivity contribution in [2.45, 2.75) is 52.1 Å². The zero-order valence-electron chi connectivity index (χ0n) is 8.64. The first-order valence-corrected chi connectivity index (χ1v) is 4.89. The van der Waals surface area contributed by atoms with Crippen molar-refractivity contribution in [3.63, 3.8) is 0 Å². The molecule has 0 saturated heterocycles. The van der Waals surface area contributed by atoms with Crippen molar-refractivity contribution < 1.29 is 5.11 Å². The first-order chi connectivity index (χ1) is 5.54. The Morgan fingerprint density at radius 1 is 1.50 bits per heavy atom. The maximum Gasteiger partial charge on any atom is 0.0679 e. The lowest BCUT2D eigenvalue weighted by atomic mass is 9.86. The van der Waals surface area contributed by atoms with Crippen molar-refractivity contribution in [1.82, 2.24) is 0 Å². The lowest BCUT2D eigenvalue weighted by Gasteiger charge is -2.28. The van der Waals surface area contributed by atoms with Crippen LogP contribution in [0.4, 0.5) is 0 Å². The Bertz CT molecular complexity index is 127. The van der Waals surface area contributed by atoms with Crippen LogP contribution in [-0.4, -0.2) is 10.7 Å². The molecule has 0 aromatic heterocycles. The second-order valence-electron chi connectivity index (χ2n) is 3.84. The molecule has 0 aliphatic rings. The van der Waals surface area contributed by atoms with E-state index < -0.39 is 5.60 Å². The molecule has 0 heterocycles. The number of hydrogen-bond donors (Lipinski definition) is 1. The summed E-state index contributed by atoms with van der Waals surface area (Å²) in [5.74, 6) is 0.189. The topological polar surface area (TPSA) is 20.2 Å². The third-order valence-corrected chi connectivity index (χ3v) is 2.62. The van der Waals surface area contributed by atoms with Crippen molar-refractivity contribution in [2.24, 2.45) is 5.92 Å². The van der Waals surface area contributed by atoms with E-state index in [4.69, 9.17) is 0 Å². The molecular weight excluding hydrogens is 148 g/mol. The molecule has 0 aromatic carbocycles. The van der Waals surface area contributed by atoms with Gasteiger partial charge in [0, 0.05) is 5.92 Å². The van der Waals surface area contributed by atoms with E-state index in [1.54, 1.807) is 0 Å². The molecule has 0 radical (unpaired) electrons. The van der Waals surface area contributed by atoms with Gasteiger partial charge in [-0.15, -0.1) is 6.58 Å². The van der Waals surface area contributed by atoms with Gasteiger partial charge in [0.2, 0.25) is 0 Å². The first-order valence-electron chi connectivity index (χ1n) is 4.89. The minimum Gasteiger partial charge on any atom is -0.390 e. The van der Waals surface area contributed by atoms with Gasteiger partial charge in [0.25, 0.3) is 0 Å². The van der Waals surface area contributed by atoms with Crippen LogP contribution in [-0.2, 0) is 0 Å². The number of rotatable bonds is 6. The molecule has 2 unspecified atom stereocenters. The monoisotopic (exact) mass is 170 g/mol. The summed E-state index contributed by atoms with van der Waals surface area (Å²) in [6, 6.07) is 0. The van der Waals surface area contributed by atoms with E-state index in [1.165, 1.54) is 12.8 Å². The fourth-order valence-electron chi connectivity index (χ4n) is 1.21. The maximum absolute atomic E-state index is 9.94. The largest absolute Gasteiger partial charge is 0.390 e. The number of unbranched alkanes of at least 4 members (excludes halogenated alkanes) is 2. The highest BCUT2D eigenvalue weighted by Crippen LogP contribution is 2.24. The Labute approximate surface area is 76.5 Å².